The molecule has 8 nitrogen and oxygen atoms in total. The van der Waals surface area contributed by atoms with Crippen molar-refractivity contribution in [3.8, 4) is 0 Å². The predicted octanol–water partition coefficient (Wildman–Crippen LogP) is 3.12. The van der Waals surface area contributed by atoms with Crippen molar-refractivity contribution < 1.29 is 14.3 Å². The van der Waals surface area contributed by atoms with E-state index in [1.54, 1.807) is 11.9 Å². The molecule has 2 amide bonds. The number of carbonyl (C=O) groups excluding carboxylic acids is 2. The molecule has 0 unspecified atom stereocenters. The van der Waals surface area contributed by atoms with Crippen LogP contribution >= 0.6 is 24.0 Å². The smallest absolute Gasteiger partial charge is 0.409 e. The van der Waals surface area contributed by atoms with Gasteiger partial charge in [-0.2, -0.15) is 0 Å². The Bertz CT molecular complexity index is 704. The molecule has 0 spiro atoms. The molecule has 31 heavy (non-hydrogen) atoms. The predicted molar refractivity (Wildman–Crippen MR) is 134 cm³/mol. The number of unbranched alkanes of at least 4 members (excludes halogenated alkanes) is 1. The highest BCUT2D eigenvalue weighted by Crippen LogP contribution is 2.11. The van der Waals surface area contributed by atoms with Crippen LogP contribution in [0.4, 0.5) is 4.79 Å². The van der Waals surface area contributed by atoms with Gasteiger partial charge in [-0.1, -0.05) is 25.5 Å². The van der Waals surface area contributed by atoms with Crippen LogP contribution in [-0.4, -0.2) is 62.2 Å². The van der Waals surface area contributed by atoms with Crippen molar-refractivity contribution >= 4 is 41.9 Å². The topological polar surface area (TPSA) is 95.1 Å². The van der Waals surface area contributed by atoms with E-state index in [0.29, 0.717) is 38.3 Å². The van der Waals surface area contributed by atoms with Crippen LogP contribution in [0.2, 0.25) is 0 Å². The lowest BCUT2D eigenvalue weighted by atomic mass is 10.1. The first kappa shape index (κ1) is 27.0. The lowest BCUT2D eigenvalue weighted by molar-refractivity contribution is 0.0948. The second kappa shape index (κ2) is 14.9. The summed E-state index contributed by atoms with van der Waals surface area (Å²) in [7, 11) is 1.74. The molecule has 1 saturated heterocycles. The molecule has 2 rings (SSSR count). The lowest BCUT2D eigenvalue weighted by Gasteiger charge is -2.32. The van der Waals surface area contributed by atoms with Crippen LogP contribution in [0.25, 0.3) is 0 Å². The van der Waals surface area contributed by atoms with Gasteiger partial charge in [0.05, 0.1) is 6.61 Å². The van der Waals surface area contributed by atoms with Crippen molar-refractivity contribution in [3.63, 3.8) is 0 Å². The molecular weight excluding hydrogens is 509 g/mol. The number of halogens is 1. The average Bonchev–Trinajstić information content (AvgIpc) is 2.77. The van der Waals surface area contributed by atoms with Gasteiger partial charge in [-0.25, -0.2) is 4.79 Å². The minimum absolute atomic E-state index is 0. The normalized spacial score (nSPS) is 14.4. The van der Waals surface area contributed by atoms with Gasteiger partial charge in [0.2, 0.25) is 0 Å². The number of likely N-dealkylation sites (tertiary alicyclic amines) is 1. The number of rotatable bonds is 8. The third-order valence-corrected chi connectivity index (χ3v) is 5.08. The van der Waals surface area contributed by atoms with Gasteiger partial charge in [-0.3, -0.25) is 9.79 Å². The van der Waals surface area contributed by atoms with Crippen LogP contribution in [0.1, 0.15) is 55.5 Å². The van der Waals surface area contributed by atoms with Gasteiger partial charge in [0.15, 0.2) is 5.96 Å². The molecule has 1 aliphatic heterocycles. The summed E-state index contributed by atoms with van der Waals surface area (Å²) < 4.78 is 5.06. The Morgan fingerprint density at radius 1 is 1.13 bits per heavy atom. The molecule has 9 heteroatoms. The zero-order chi connectivity index (χ0) is 21.8. The van der Waals surface area contributed by atoms with E-state index in [1.807, 2.05) is 31.2 Å². The summed E-state index contributed by atoms with van der Waals surface area (Å²) in [6.45, 7) is 6.99. The molecule has 0 aliphatic carbocycles. The Morgan fingerprint density at radius 3 is 2.39 bits per heavy atom. The van der Waals surface area contributed by atoms with E-state index in [4.69, 9.17) is 4.74 Å². The van der Waals surface area contributed by atoms with Gasteiger partial charge < -0.3 is 25.6 Å². The third kappa shape index (κ3) is 9.32. The molecular formula is C22H36IN5O3. The lowest BCUT2D eigenvalue weighted by Crippen LogP contribution is -2.49. The van der Waals surface area contributed by atoms with Crippen LogP contribution in [0.15, 0.2) is 29.3 Å². The number of carbonyl (C=O) groups is 2. The molecule has 3 N–H and O–H groups in total. The summed E-state index contributed by atoms with van der Waals surface area (Å²) in [5.74, 6) is 0.695. The van der Waals surface area contributed by atoms with Gasteiger partial charge in [0.1, 0.15) is 0 Å². The minimum Gasteiger partial charge on any atom is -0.450 e. The molecule has 0 atom stereocenters. The fraction of sp³-hybridized carbons (Fsp3) is 0.591. The van der Waals surface area contributed by atoms with Crippen LogP contribution in [0.5, 0.6) is 0 Å². The number of guanidine groups is 1. The number of ether oxygens (including phenoxy) is 1. The molecule has 1 heterocycles. The highest BCUT2D eigenvalue weighted by atomic mass is 127. The highest BCUT2D eigenvalue weighted by Gasteiger charge is 2.24. The maximum Gasteiger partial charge on any atom is 0.409 e. The number of piperidine rings is 1. The second-order valence-corrected chi connectivity index (χ2v) is 7.34. The third-order valence-electron chi connectivity index (χ3n) is 5.08. The Labute approximate surface area is 202 Å². The van der Waals surface area contributed by atoms with Gasteiger partial charge in [0.25, 0.3) is 5.91 Å². The number of hydrogen-bond acceptors (Lipinski definition) is 4. The van der Waals surface area contributed by atoms with Crippen molar-refractivity contribution in [2.45, 2.75) is 52.1 Å². The number of aliphatic imine (C=N–C) groups is 1. The van der Waals surface area contributed by atoms with Gasteiger partial charge in [-0.15, -0.1) is 24.0 Å². The molecule has 0 radical (unpaired) electrons. The maximum atomic E-state index is 12.1. The van der Waals surface area contributed by atoms with Gasteiger partial charge in [-0.05, 0) is 43.9 Å². The van der Waals surface area contributed by atoms with Crippen molar-refractivity contribution in [1.82, 2.24) is 20.9 Å². The summed E-state index contributed by atoms with van der Waals surface area (Å²) >= 11 is 0. The fourth-order valence-corrected chi connectivity index (χ4v) is 3.25. The van der Waals surface area contributed by atoms with E-state index in [2.05, 4.69) is 27.9 Å². The van der Waals surface area contributed by atoms with Crippen molar-refractivity contribution in [3.05, 3.63) is 35.4 Å². The van der Waals surface area contributed by atoms with Gasteiger partial charge >= 0.3 is 6.09 Å². The Morgan fingerprint density at radius 2 is 1.81 bits per heavy atom. The first-order chi connectivity index (χ1) is 14.6. The van der Waals surface area contributed by atoms with E-state index in [-0.39, 0.29) is 42.0 Å². The van der Waals surface area contributed by atoms with E-state index in [1.165, 1.54) is 0 Å². The molecule has 0 saturated carbocycles. The quantitative estimate of drug-likeness (QED) is 0.202. The fourth-order valence-electron chi connectivity index (χ4n) is 3.25. The van der Waals surface area contributed by atoms with Crippen molar-refractivity contribution in [2.75, 3.05) is 33.3 Å². The van der Waals surface area contributed by atoms with E-state index in [9.17, 15) is 9.59 Å². The SMILES string of the molecule is CCCCNC(=O)c1ccc(CNC(=NC)NC2CCN(C(=O)OCC)CC2)cc1.I. The molecule has 0 aromatic heterocycles. The number of nitrogens with zero attached hydrogens (tertiary/aromatic N) is 2. The van der Waals surface area contributed by atoms with E-state index in [0.717, 1.165) is 37.2 Å². The van der Waals surface area contributed by atoms with Crippen LogP contribution in [0, 0.1) is 0 Å². The highest BCUT2D eigenvalue weighted by molar-refractivity contribution is 14.0. The standard InChI is InChI=1S/C22H35N5O3.HI/c1-4-6-13-24-20(28)18-9-7-17(8-10-18)16-25-21(23-3)26-19-11-14-27(15-12-19)22(29)30-5-2;/h7-10,19H,4-6,11-16H2,1-3H3,(H,24,28)(H2,23,25,26);1H. The van der Waals surface area contributed by atoms with Crippen LogP contribution in [0.3, 0.4) is 0 Å². The first-order valence-electron chi connectivity index (χ1n) is 10.8. The minimum atomic E-state index is -0.235. The maximum absolute atomic E-state index is 12.1. The largest absolute Gasteiger partial charge is 0.450 e. The molecule has 1 aromatic carbocycles. The Kier molecular flexibility index (Phi) is 13.0. The van der Waals surface area contributed by atoms with Crippen molar-refractivity contribution in [1.29, 1.82) is 0 Å². The Balaban J connectivity index is 0.00000480. The number of nitrogens with one attached hydrogen (secondary N) is 3. The van der Waals surface area contributed by atoms with E-state index < -0.39 is 0 Å². The zero-order valence-corrected chi connectivity index (χ0v) is 21.1. The zero-order valence-electron chi connectivity index (χ0n) is 18.8. The molecule has 1 fully saturated rings. The summed E-state index contributed by atoms with van der Waals surface area (Å²) in [6, 6.07) is 7.86. The molecule has 1 aliphatic rings. The van der Waals surface area contributed by atoms with Crippen LogP contribution < -0.4 is 16.0 Å². The van der Waals surface area contributed by atoms with Gasteiger partial charge in [0, 0.05) is 44.8 Å². The van der Waals surface area contributed by atoms with E-state index >= 15 is 0 Å². The van der Waals surface area contributed by atoms with Crippen molar-refractivity contribution in [2.24, 2.45) is 4.99 Å². The number of hydrogen-bond donors (Lipinski definition) is 3. The molecule has 0 bridgehead atoms. The number of amides is 2. The average molecular weight is 545 g/mol. The molecule has 174 valence electrons. The Hall–Kier alpha value is -2.04. The van der Waals surface area contributed by atoms with Crippen LogP contribution in [-0.2, 0) is 11.3 Å². The molecule has 1 aromatic rings. The second-order valence-electron chi connectivity index (χ2n) is 7.34. The number of benzene rings is 1. The first-order valence-corrected chi connectivity index (χ1v) is 10.8. The monoisotopic (exact) mass is 545 g/mol. The summed E-state index contributed by atoms with van der Waals surface area (Å²) in [5, 5.41) is 9.66. The summed E-state index contributed by atoms with van der Waals surface area (Å²) in [5.41, 5.74) is 1.74. The summed E-state index contributed by atoms with van der Waals surface area (Å²) in [4.78, 5) is 29.9. The summed E-state index contributed by atoms with van der Waals surface area (Å²) in [6.07, 6.45) is 3.51.